The first-order chi connectivity index (χ1) is 9.28. The Morgan fingerprint density at radius 3 is 2.95 bits per heavy atom. The summed E-state index contributed by atoms with van der Waals surface area (Å²) >= 11 is 0. The number of hydrogen-bond acceptors (Lipinski definition) is 2. The predicted molar refractivity (Wildman–Crippen MR) is 75.3 cm³/mol. The maximum Gasteiger partial charge on any atom is 0.228 e. The van der Waals surface area contributed by atoms with Crippen LogP contribution >= 0.6 is 0 Å². The van der Waals surface area contributed by atoms with Crippen molar-refractivity contribution in [2.24, 2.45) is 0 Å². The summed E-state index contributed by atoms with van der Waals surface area (Å²) in [6.45, 7) is 1.98. The Hall–Kier alpha value is -1.35. The van der Waals surface area contributed by atoms with E-state index in [9.17, 15) is 4.79 Å². The molecule has 1 aromatic rings. The molecule has 19 heavy (non-hydrogen) atoms. The Morgan fingerprint density at radius 1 is 1.37 bits per heavy atom. The number of fused-ring (bicyclic) bond motifs is 2. The summed E-state index contributed by atoms with van der Waals surface area (Å²) in [7, 11) is 0. The van der Waals surface area contributed by atoms with Gasteiger partial charge in [-0.1, -0.05) is 18.2 Å². The highest BCUT2D eigenvalue weighted by Gasteiger charge is 2.52. The van der Waals surface area contributed by atoms with Gasteiger partial charge in [0.15, 0.2) is 0 Å². The van der Waals surface area contributed by atoms with Crippen molar-refractivity contribution >= 4 is 11.6 Å². The topological polar surface area (TPSA) is 32.3 Å². The highest BCUT2D eigenvalue weighted by molar-refractivity contribution is 5.97. The first-order valence-corrected chi connectivity index (χ1v) is 7.42. The molecular formula is C16H20N2O. The molecule has 2 heterocycles. The molecule has 100 valence electrons. The third-order valence-corrected chi connectivity index (χ3v) is 4.96. The molecule has 0 aromatic heterocycles. The van der Waals surface area contributed by atoms with Crippen molar-refractivity contribution in [3.63, 3.8) is 0 Å². The number of para-hydroxylation sites is 1. The van der Waals surface area contributed by atoms with Gasteiger partial charge in [0.25, 0.3) is 0 Å². The highest BCUT2D eigenvalue weighted by Crippen LogP contribution is 2.56. The van der Waals surface area contributed by atoms with Gasteiger partial charge in [0, 0.05) is 30.1 Å². The van der Waals surface area contributed by atoms with Crippen LogP contribution < -0.4 is 10.2 Å². The molecular weight excluding hydrogens is 236 g/mol. The molecule has 3 nitrogen and oxygen atoms in total. The van der Waals surface area contributed by atoms with Gasteiger partial charge in [-0.3, -0.25) is 4.79 Å². The van der Waals surface area contributed by atoms with Gasteiger partial charge in [-0.2, -0.15) is 0 Å². The first kappa shape index (κ1) is 11.5. The smallest absolute Gasteiger partial charge is 0.228 e. The van der Waals surface area contributed by atoms with E-state index in [-0.39, 0.29) is 0 Å². The molecule has 1 aromatic carbocycles. The van der Waals surface area contributed by atoms with Crippen LogP contribution in [0.15, 0.2) is 24.3 Å². The Labute approximate surface area is 114 Å². The van der Waals surface area contributed by atoms with Gasteiger partial charge in [-0.15, -0.1) is 0 Å². The summed E-state index contributed by atoms with van der Waals surface area (Å²) in [6, 6.07) is 8.88. The van der Waals surface area contributed by atoms with Crippen molar-refractivity contribution in [2.75, 3.05) is 18.0 Å². The Balaban J connectivity index is 1.57. The molecule has 1 spiro atoms. The molecule has 1 unspecified atom stereocenters. The Bertz CT molecular complexity index is 515. The van der Waals surface area contributed by atoms with Crippen molar-refractivity contribution in [3.05, 3.63) is 29.8 Å². The zero-order valence-electron chi connectivity index (χ0n) is 11.2. The predicted octanol–water partition coefficient (Wildman–Crippen LogP) is 2.21. The quantitative estimate of drug-likeness (QED) is 0.880. The second kappa shape index (κ2) is 4.07. The molecule has 1 N–H and O–H groups in total. The third-order valence-electron chi connectivity index (χ3n) is 4.96. The normalized spacial score (nSPS) is 26.7. The summed E-state index contributed by atoms with van der Waals surface area (Å²) in [5, 5.41) is 3.42. The van der Waals surface area contributed by atoms with E-state index >= 15 is 0 Å². The minimum absolute atomic E-state index is 0.302. The number of anilines is 1. The van der Waals surface area contributed by atoms with E-state index in [1.54, 1.807) is 0 Å². The number of carbonyl (C=O) groups is 1. The van der Waals surface area contributed by atoms with Crippen LogP contribution in [0.1, 0.15) is 37.7 Å². The van der Waals surface area contributed by atoms with Crippen molar-refractivity contribution in [1.82, 2.24) is 5.32 Å². The van der Waals surface area contributed by atoms with E-state index in [1.807, 2.05) is 11.0 Å². The van der Waals surface area contributed by atoms with Gasteiger partial charge >= 0.3 is 0 Å². The number of carbonyl (C=O) groups excluding carboxylic acids is 1. The van der Waals surface area contributed by atoms with Gasteiger partial charge in [-0.25, -0.2) is 0 Å². The van der Waals surface area contributed by atoms with Gasteiger partial charge in [0.2, 0.25) is 5.91 Å². The van der Waals surface area contributed by atoms with E-state index < -0.39 is 0 Å². The second-order valence-electron chi connectivity index (χ2n) is 6.27. The lowest BCUT2D eigenvalue weighted by Gasteiger charge is -2.20. The van der Waals surface area contributed by atoms with Crippen LogP contribution in [-0.2, 0) is 10.2 Å². The van der Waals surface area contributed by atoms with Crippen LogP contribution in [0.25, 0.3) is 0 Å². The lowest BCUT2D eigenvalue weighted by atomic mass is 9.99. The number of benzene rings is 1. The SMILES string of the molecule is O=C(CC1CCCN1)N1CC2(CC2)c2ccccc21. The van der Waals surface area contributed by atoms with Crippen LogP contribution in [0.5, 0.6) is 0 Å². The largest absolute Gasteiger partial charge is 0.313 e. The lowest BCUT2D eigenvalue weighted by Crippen LogP contribution is -2.36. The number of nitrogens with zero attached hydrogens (tertiary/aromatic N) is 1. The molecule has 2 aliphatic heterocycles. The minimum Gasteiger partial charge on any atom is -0.313 e. The summed E-state index contributed by atoms with van der Waals surface area (Å²) in [5.41, 5.74) is 2.89. The zero-order valence-corrected chi connectivity index (χ0v) is 11.2. The average molecular weight is 256 g/mol. The van der Waals surface area contributed by atoms with Gasteiger partial charge in [0.1, 0.15) is 0 Å². The van der Waals surface area contributed by atoms with Gasteiger partial charge in [-0.05, 0) is 43.9 Å². The lowest BCUT2D eigenvalue weighted by molar-refractivity contribution is -0.119. The number of rotatable bonds is 2. The van der Waals surface area contributed by atoms with Crippen LogP contribution in [0.3, 0.4) is 0 Å². The Kier molecular flexibility index (Phi) is 2.46. The molecule has 1 amide bonds. The Morgan fingerprint density at radius 2 is 2.21 bits per heavy atom. The fourth-order valence-electron chi connectivity index (χ4n) is 3.68. The van der Waals surface area contributed by atoms with E-state index in [0.717, 1.165) is 19.5 Å². The standard InChI is InChI=1S/C16H20N2O/c19-15(10-12-4-3-9-17-12)18-11-16(7-8-16)13-5-1-2-6-14(13)18/h1-2,5-6,12,17H,3-4,7-11H2. The van der Waals surface area contributed by atoms with Crippen LogP contribution in [-0.4, -0.2) is 25.0 Å². The molecule has 0 bridgehead atoms. The van der Waals surface area contributed by atoms with E-state index in [4.69, 9.17) is 0 Å². The summed E-state index contributed by atoms with van der Waals surface area (Å²) in [4.78, 5) is 14.6. The van der Waals surface area contributed by atoms with Crippen molar-refractivity contribution in [3.8, 4) is 0 Å². The molecule has 1 saturated carbocycles. The molecule has 1 saturated heterocycles. The van der Waals surface area contributed by atoms with Crippen molar-refractivity contribution in [2.45, 2.75) is 43.6 Å². The molecule has 3 heteroatoms. The number of nitrogens with one attached hydrogen (secondary N) is 1. The molecule has 2 fully saturated rings. The molecule has 1 atom stereocenters. The number of hydrogen-bond donors (Lipinski definition) is 1. The maximum atomic E-state index is 12.6. The van der Waals surface area contributed by atoms with Crippen LogP contribution in [0.4, 0.5) is 5.69 Å². The molecule has 4 rings (SSSR count). The monoisotopic (exact) mass is 256 g/mol. The van der Waals surface area contributed by atoms with Gasteiger partial charge < -0.3 is 10.2 Å². The fraction of sp³-hybridized carbons (Fsp3) is 0.562. The van der Waals surface area contributed by atoms with E-state index in [1.165, 1.54) is 30.5 Å². The summed E-state index contributed by atoms with van der Waals surface area (Å²) < 4.78 is 0. The third kappa shape index (κ3) is 1.79. The van der Waals surface area contributed by atoms with Crippen molar-refractivity contribution < 1.29 is 4.79 Å². The highest BCUT2D eigenvalue weighted by atomic mass is 16.2. The van der Waals surface area contributed by atoms with E-state index in [0.29, 0.717) is 23.8 Å². The average Bonchev–Trinajstić information content (AvgIpc) is 2.88. The van der Waals surface area contributed by atoms with Crippen molar-refractivity contribution in [1.29, 1.82) is 0 Å². The molecule has 3 aliphatic rings. The zero-order chi connectivity index (χ0) is 12.9. The second-order valence-corrected chi connectivity index (χ2v) is 6.27. The van der Waals surface area contributed by atoms with Crippen LogP contribution in [0.2, 0.25) is 0 Å². The first-order valence-electron chi connectivity index (χ1n) is 7.42. The van der Waals surface area contributed by atoms with E-state index in [2.05, 4.69) is 23.5 Å². The summed E-state index contributed by atoms with van der Waals surface area (Å²) in [5.74, 6) is 0.302. The summed E-state index contributed by atoms with van der Waals surface area (Å²) in [6.07, 6.45) is 5.50. The van der Waals surface area contributed by atoms with Crippen LogP contribution in [0, 0.1) is 0 Å². The molecule has 1 aliphatic carbocycles. The maximum absolute atomic E-state index is 12.6. The molecule has 0 radical (unpaired) electrons. The number of amides is 1. The van der Waals surface area contributed by atoms with Gasteiger partial charge in [0.05, 0.1) is 0 Å². The fourth-order valence-corrected chi connectivity index (χ4v) is 3.68. The minimum atomic E-state index is 0.302.